The molecule has 0 saturated carbocycles. The Balaban J connectivity index is 3.05. The first-order valence-electron chi connectivity index (χ1n) is 2.93. The van der Waals surface area contributed by atoms with Crippen molar-refractivity contribution in [3.8, 4) is 5.75 Å². The summed E-state index contributed by atoms with van der Waals surface area (Å²) in [6.07, 6.45) is 0. The Morgan fingerprint density at radius 1 is 1.45 bits per heavy atom. The van der Waals surface area contributed by atoms with Crippen LogP contribution >= 0.6 is 0 Å². The molecule has 1 rings (SSSR count). The second-order valence-electron chi connectivity index (χ2n) is 2.08. The van der Waals surface area contributed by atoms with E-state index in [2.05, 4.69) is 0 Å². The lowest BCUT2D eigenvalue weighted by atomic mass is 10.2. The van der Waals surface area contributed by atoms with Crippen molar-refractivity contribution >= 4 is 11.4 Å². The molecule has 5 heteroatoms. The fourth-order valence-electron chi connectivity index (χ4n) is 0.677. The summed E-state index contributed by atoms with van der Waals surface area (Å²) >= 11 is 0. The van der Waals surface area contributed by atoms with Crippen LogP contribution in [0, 0.1) is 5.21 Å². The number of nitrogen functional groups attached to an aromatic ring is 1. The number of phenolic OH excluding ortho intramolecular Hbond substituents is 1. The second kappa shape index (κ2) is 2.75. The molecule has 1 aromatic carbocycles. The Kier molecular flexibility index (Phi) is 1.95. The quantitative estimate of drug-likeness (QED) is 0.247. The van der Waals surface area contributed by atoms with Crippen molar-refractivity contribution in [2.24, 2.45) is 0 Å². The third-order valence-electron chi connectivity index (χ3n) is 1.28. The summed E-state index contributed by atoms with van der Waals surface area (Å²) in [5.41, 5.74) is 5.45. The molecule has 0 aliphatic carbocycles. The molecule has 60 valence electrons. The summed E-state index contributed by atoms with van der Waals surface area (Å²) < 4.78 is 0. The molecule has 0 aromatic heterocycles. The van der Waals surface area contributed by atoms with Gasteiger partial charge in [-0.1, -0.05) is 0 Å². The lowest BCUT2D eigenvalue weighted by molar-refractivity contribution is -0.991. The minimum absolute atomic E-state index is 0.0247. The average Bonchev–Trinajstić information content (AvgIpc) is 1.94. The summed E-state index contributed by atoms with van der Waals surface area (Å²) in [5.74, 6) is -0.204. The molecular weight excluding hydrogens is 148 g/mol. The summed E-state index contributed by atoms with van der Waals surface area (Å²) in [7, 11) is 0. The Bertz CT molecular complexity index is 262. The minimum Gasteiger partial charge on any atom is -0.595 e. The van der Waals surface area contributed by atoms with Crippen molar-refractivity contribution in [1.82, 2.24) is 0 Å². The molecule has 0 amide bonds. The molecule has 0 aliphatic heterocycles. The van der Waals surface area contributed by atoms with Crippen LogP contribution in [0.4, 0.5) is 11.4 Å². The van der Waals surface area contributed by atoms with Crippen molar-refractivity contribution in [2.75, 3.05) is 5.73 Å². The van der Waals surface area contributed by atoms with Gasteiger partial charge in [0.05, 0.1) is 5.69 Å². The molecular formula is C6H8N2O3. The van der Waals surface area contributed by atoms with E-state index in [1.54, 1.807) is 0 Å². The zero-order valence-electron chi connectivity index (χ0n) is 5.61. The van der Waals surface area contributed by atoms with E-state index >= 15 is 0 Å². The lowest BCUT2D eigenvalue weighted by Gasteiger charge is -2.11. The van der Waals surface area contributed by atoms with Gasteiger partial charge in [0.25, 0.3) is 0 Å². The second-order valence-corrected chi connectivity index (χ2v) is 2.08. The molecule has 0 spiro atoms. The lowest BCUT2D eigenvalue weighted by Crippen LogP contribution is -2.99. The summed E-state index contributed by atoms with van der Waals surface area (Å²) in [6, 6.07) is 3.79. The van der Waals surface area contributed by atoms with Crippen molar-refractivity contribution < 1.29 is 15.5 Å². The summed E-state index contributed by atoms with van der Waals surface area (Å²) in [4.78, 5) is 0. The number of quaternary nitrogens is 1. The van der Waals surface area contributed by atoms with E-state index in [4.69, 9.17) is 16.0 Å². The fourth-order valence-corrected chi connectivity index (χ4v) is 0.677. The average molecular weight is 156 g/mol. The molecule has 1 aromatic rings. The Morgan fingerprint density at radius 3 is 2.55 bits per heavy atom. The number of anilines is 1. The normalized spacial score (nSPS) is 12.9. The fraction of sp³-hybridized carbons (Fsp3) is 0. The molecule has 1 atom stereocenters. The van der Waals surface area contributed by atoms with Gasteiger partial charge < -0.3 is 16.0 Å². The monoisotopic (exact) mass is 156 g/mol. The van der Waals surface area contributed by atoms with Crippen molar-refractivity contribution in [3.05, 3.63) is 23.4 Å². The third kappa shape index (κ3) is 1.58. The highest BCUT2D eigenvalue weighted by Gasteiger charge is 2.02. The van der Waals surface area contributed by atoms with Crippen LogP contribution in [0.5, 0.6) is 5.75 Å². The number of benzene rings is 1. The van der Waals surface area contributed by atoms with E-state index in [0.29, 0.717) is 0 Å². The number of phenols is 1. The summed E-state index contributed by atoms with van der Waals surface area (Å²) in [6.45, 7) is 0. The topological polar surface area (TPSA) is 94.0 Å². The van der Waals surface area contributed by atoms with Gasteiger partial charge in [-0.25, -0.2) is 5.21 Å². The van der Waals surface area contributed by atoms with E-state index in [-0.39, 0.29) is 17.1 Å². The molecule has 1 unspecified atom stereocenters. The van der Waals surface area contributed by atoms with Crippen molar-refractivity contribution in [1.29, 1.82) is 0 Å². The highest BCUT2D eigenvalue weighted by molar-refractivity contribution is 5.56. The molecule has 11 heavy (non-hydrogen) atoms. The smallest absolute Gasteiger partial charge is 0.167 e. The number of nitrogens with two attached hydrogens (primary N) is 1. The first-order chi connectivity index (χ1) is 5.11. The maximum atomic E-state index is 10.3. The third-order valence-corrected chi connectivity index (χ3v) is 1.28. The van der Waals surface area contributed by atoms with Gasteiger partial charge in [-0.15, -0.1) is 0 Å². The molecule has 0 aliphatic rings. The zero-order chi connectivity index (χ0) is 8.43. The van der Waals surface area contributed by atoms with Crippen LogP contribution < -0.4 is 11.0 Å². The van der Waals surface area contributed by atoms with E-state index in [1.165, 1.54) is 12.1 Å². The number of hydrogen-bond donors (Lipinski definition) is 4. The maximum Gasteiger partial charge on any atom is 0.167 e. The van der Waals surface area contributed by atoms with Gasteiger partial charge in [0.1, 0.15) is 5.75 Å². The SMILES string of the molecule is Nc1ccc([NH+]([O-])O)cc1O. The van der Waals surface area contributed by atoms with Crippen LogP contribution in [-0.4, -0.2) is 10.3 Å². The molecule has 0 heterocycles. The van der Waals surface area contributed by atoms with Gasteiger partial charge in [-0.2, -0.15) is 5.23 Å². The van der Waals surface area contributed by atoms with E-state index < -0.39 is 5.23 Å². The molecule has 5 N–H and O–H groups in total. The molecule has 0 bridgehead atoms. The van der Waals surface area contributed by atoms with Crippen LogP contribution in [-0.2, 0) is 0 Å². The highest BCUT2D eigenvalue weighted by Crippen LogP contribution is 2.21. The van der Waals surface area contributed by atoms with Gasteiger partial charge in [-0.3, -0.25) is 0 Å². The number of rotatable bonds is 1. The van der Waals surface area contributed by atoms with Gasteiger partial charge in [0.2, 0.25) is 0 Å². The zero-order valence-corrected chi connectivity index (χ0v) is 5.61. The largest absolute Gasteiger partial charge is 0.595 e. The van der Waals surface area contributed by atoms with Gasteiger partial charge in [-0.05, 0) is 6.07 Å². The van der Waals surface area contributed by atoms with Crippen molar-refractivity contribution in [3.63, 3.8) is 0 Å². The van der Waals surface area contributed by atoms with E-state index in [9.17, 15) is 5.21 Å². The first-order valence-corrected chi connectivity index (χ1v) is 2.93. The molecule has 0 fully saturated rings. The van der Waals surface area contributed by atoms with Crippen LogP contribution in [0.15, 0.2) is 18.2 Å². The number of nitrogens with one attached hydrogen (secondary N) is 1. The maximum absolute atomic E-state index is 10.3. The van der Waals surface area contributed by atoms with Gasteiger partial charge >= 0.3 is 0 Å². The predicted octanol–water partition coefficient (Wildman–Crippen LogP) is -0.622. The number of hydrogen-bond acceptors (Lipinski definition) is 4. The first kappa shape index (κ1) is 7.80. The number of aromatic hydroxyl groups is 1. The predicted molar refractivity (Wildman–Crippen MR) is 38.3 cm³/mol. The summed E-state index contributed by atoms with van der Waals surface area (Å²) in [5, 5.41) is 26.6. The van der Waals surface area contributed by atoms with Crippen molar-refractivity contribution in [2.45, 2.75) is 0 Å². The highest BCUT2D eigenvalue weighted by atomic mass is 16.8. The molecule has 0 radical (unpaired) electrons. The van der Waals surface area contributed by atoms with Crippen LogP contribution in [0.3, 0.4) is 0 Å². The standard InChI is InChI=1S/C6H8N2O3/c7-5-2-1-4(8(10)11)3-6(5)9/h1-3,8-10H,7H2. The van der Waals surface area contributed by atoms with Crippen LogP contribution in [0.1, 0.15) is 0 Å². The Labute approximate surface area is 62.8 Å². The Hall–Kier alpha value is -1.30. The van der Waals surface area contributed by atoms with Crippen LogP contribution in [0.2, 0.25) is 0 Å². The molecule has 5 nitrogen and oxygen atoms in total. The van der Waals surface area contributed by atoms with E-state index in [1.807, 2.05) is 0 Å². The van der Waals surface area contributed by atoms with Crippen LogP contribution in [0.25, 0.3) is 0 Å². The Morgan fingerprint density at radius 2 is 2.09 bits per heavy atom. The molecule has 0 saturated heterocycles. The van der Waals surface area contributed by atoms with E-state index in [0.717, 1.165) is 6.07 Å². The van der Waals surface area contributed by atoms with Gasteiger partial charge in [0, 0.05) is 12.1 Å². The van der Waals surface area contributed by atoms with Gasteiger partial charge in [0.15, 0.2) is 5.69 Å². The minimum atomic E-state index is -1.08.